The summed E-state index contributed by atoms with van der Waals surface area (Å²) in [5.74, 6) is 0.501. The Labute approximate surface area is 188 Å². The fraction of sp³-hybridized carbons (Fsp3) is 0.462. The monoisotopic (exact) mass is 428 g/mol. The Morgan fingerprint density at radius 2 is 2.00 bits per heavy atom. The summed E-state index contributed by atoms with van der Waals surface area (Å²) in [6.45, 7) is 7.25. The predicted octanol–water partition coefficient (Wildman–Crippen LogP) is 4.32. The van der Waals surface area contributed by atoms with Gasteiger partial charge in [0.15, 0.2) is 0 Å². The van der Waals surface area contributed by atoms with E-state index in [-0.39, 0.29) is 28.6 Å². The number of carbonyl (C=O) groups is 2. The maximum atomic E-state index is 12.8. The van der Waals surface area contributed by atoms with Crippen molar-refractivity contribution in [1.29, 1.82) is 5.26 Å². The highest BCUT2D eigenvalue weighted by molar-refractivity contribution is 6.04. The fourth-order valence-corrected chi connectivity index (χ4v) is 5.41. The van der Waals surface area contributed by atoms with Crippen molar-refractivity contribution < 1.29 is 9.59 Å². The second kappa shape index (κ2) is 7.44. The Kier molecular flexibility index (Phi) is 4.81. The summed E-state index contributed by atoms with van der Waals surface area (Å²) in [6.07, 6.45) is 7.02. The van der Waals surface area contributed by atoms with Crippen molar-refractivity contribution in [2.45, 2.75) is 50.9 Å². The third-order valence-corrected chi connectivity index (χ3v) is 7.82. The first-order valence-electron chi connectivity index (χ1n) is 11.5. The molecule has 0 radical (unpaired) electrons. The van der Waals surface area contributed by atoms with Crippen molar-refractivity contribution in [3.8, 4) is 6.07 Å². The average molecular weight is 429 g/mol. The highest BCUT2D eigenvalue weighted by Crippen LogP contribution is 2.78. The van der Waals surface area contributed by atoms with Crippen molar-refractivity contribution in [1.82, 2.24) is 9.88 Å². The Morgan fingerprint density at radius 3 is 2.62 bits per heavy atom. The summed E-state index contributed by atoms with van der Waals surface area (Å²) < 4.78 is 0. The molecule has 2 aromatic rings. The molecule has 1 aromatic carbocycles. The summed E-state index contributed by atoms with van der Waals surface area (Å²) in [5, 5.41) is 14.7. The Bertz CT molecular complexity index is 1170. The van der Waals surface area contributed by atoms with Gasteiger partial charge in [-0.05, 0) is 66.5 Å². The number of rotatable bonds is 5. The van der Waals surface area contributed by atoms with Crippen LogP contribution in [0, 0.1) is 22.7 Å². The van der Waals surface area contributed by atoms with Crippen molar-refractivity contribution in [2.24, 2.45) is 11.3 Å². The van der Waals surface area contributed by atoms with Crippen molar-refractivity contribution in [2.75, 3.05) is 18.4 Å². The van der Waals surface area contributed by atoms with Gasteiger partial charge in [0.2, 0.25) is 5.91 Å². The number of fused-ring (bicyclic) bond motifs is 1. The van der Waals surface area contributed by atoms with Gasteiger partial charge in [-0.2, -0.15) is 5.26 Å². The summed E-state index contributed by atoms with van der Waals surface area (Å²) in [6, 6.07) is 10.6. The van der Waals surface area contributed by atoms with Crippen LogP contribution in [0.2, 0.25) is 0 Å². The number of nitriles is 1. The number of amides is 2. The molecule has 2 amide bonds. The molecule has 2 saturated carbocycles. The van der Waals surface area contributed by atoms with Crippen molar-refractivity contribution in [3.63, 3.8) is 0 Å². The van der Waals surface area contributed by atoms with Gasteiger partial charge in [0, 0.05) is 36.7 Å². The zero-order valence-corrected chi connectivity index (χ0v) is 18.5. The SMILES string of the molecule is C=C(C(=O)Nc1cc2cc([C@@]3(C#N)CC34CC4)ccc2cn1)C1CCN(C(=O)CC)CC1. The Hall–Kier alpha value is -3.20. The van der Waals surface area contributed by atoms with Gasteiger partial charge in [-0.25, -0.2) is 4.98 Å². The molecule has 6 nitrogen and oxygen atoms in total. The van der Waals surface area contributed by atoms with Crippen LogP contribution in [0.4, 0.5) is 5.82 Å². The highest BCUT2D eigenvalue weighted by atomic mass is 16.2. The lowest BCUT2D eigenvalue weighted by molar-refractivity contribution is -0.132. The quantitative estimate of drug-likeness (QED) is 0.719. The number of hydrogen-bond acceptors (Lipinski definition) is 4. The number of benzene rings is 1. The van der Waals surface area contributed by atoms with Crippen LogP contribution >= 0.6 is 0 Å². The first-order valence-corrected chi connectivity index (χ1v) is 11.5. The number of nitrogens with one attached hydrogen (secondary N) is 1. The Balaban J connectivity index is 1.28. The molecule has 1 atom stereocenters. The van der Waals surface area contributed by atoms with Crippen LogP contribution in [-0.4, -0.2) is 34.8 Å². The topological polar surface area (TPSA) is 86.1 Å². The minimum atomic E-state index is -0.337. The van der Waals surface area contributed by atoms with E-state index in [0.29, 0.717) is 30.9 Å². The molecule has 3 fully saturated rings. The number of carbonyl (C=O) groups excluding carboxylic acids is 2. The molecule has 1 spiro atoms. The molecular weight excluding hydrogens is 400 g/mol. The number of likely N-dealkylation sites (tertiary alicyclic amines) is 1. The van der Waals surface area contributed by atoms with Crippen molar-refractivity contribution in [3.05, 3.63) is 48.2 Å². The molecule has 164 valence electrons. The molecule has 5 rings (SSSR count). The van der Waals surface area contributed by atoms with Gasteiger partial charge in [-0.3, -0.25) is 9.59 Å². The molecular formula is C26H28N4O2. The lowest BCUT2D eigenvalue weighted by Crippen LogP contribution is -2.39. The lowest BCUT2D eigenvalue weighted by Gasteiger charge is -2.32. The van der Waals surface area contributed by atoms with E-state index in [2.05, 4.69) is 35.1 Å². The lowest BCUT2D eigenvalue weighted by atomic mass is 9.89. The van der Waals surface area contributed by atoms with Crippen LogP contribution in [0.5, 0.6) is 0 Å². The molecule has 6 heteroatoms. The van der Waals surface area contributed by atoms with Gasteiger partial charge in [-0.1, -0.05) is 25.6 Å². The minimum absolute atomic E-state index is 0.0723. The fourth-order valence-electron chi connectivity index (χ4n) is 5.41. The number of aromatic nitrogens is 1. The molecule has 0 unspecified atom stereocenters. The largest absolute Gasteiger partial charge is 0.343 e. The summed E-state index contributed by atoms with van der Waals surface area (Å²) >= 11 is 0. The predicted molar refractivity (Wildman–Crippen MR) is 123 cm³/mol. The van der Waals surface area contributed by atoms with Crippen LogP contribution < -0.4 is 5.32 Å². The summed E-state index contributed by atoms with van der Waals surface area (Å²) in [4.78, 5) is 31.0. The number of pyridine rings is 1. The number of anilines is 1. The normalized spacial score (nSPS) is 23.6. The van der Waals surface area contributed by atoms with Gasteiger partial charge in [0.1, 0.15) is 5.82 Å². The van der Waals surface area contributed by atoms with Gasteiger partial charge >= 0.3 is 0 Å². The maximum Gasteiger partial charge on any atom is 0.252 e. The van der Waals surface area contributed by atoms with E-state index in [1.165, 1.54) is 0 Å². The number of hydrogen-bond donors (Lipinski definition) is 1. The van der Waals surface area contributed by atoms with E-state index in [4.69, 9.17) is 0 Å². The van der Waals surface area contributed by atoms with E-state index in [9.17, 15) is 14.9 Å². The van der Waals surface area contributed by atoms with Gasteiger partial charge in [0.25, 0.3) is 5.91 Å². The first-order chi connectivity index (χ1) is 15.4. The van der Waals surface area contributed by atoms with E-state index in [0.717, 1.165) is 48.4 Å². The van der Waals surface area contributed by atoms with E-state index in [1.807, 2.05) is 24.0 Å². The van der Waals surface area contributed by atoms with Crippen LogP contribution in [-0.2, 0) is 15.0 Å². The third kappa shape index (κ3) is 3.28. The minimum Gasteiger partial charge on any atom is -0.343 e. The van der Waals surface area contributed by atoms with Crippen LogP contribution in [0.3, 0.4) is 0 Å². The maximum absolute atomic E-state index is 12.8. The number of piperidine rings is 1. The second-order valence-electron chi connectivity index (χ2n) is 9.59. The van der Waals surface area contributed by atoms with Crippen LogP contribution in [0.15, 0.2) is 42.6 Å². The zero-order chi connectivity index (χ0) is 22.5. The molecule has 3 aliphatic rings. The summed E-state index contributed by atoms with van der Waals surface area (Å²) in [5.41, 5.74) is 1.50. The van der Waals surface area contributed by atoms with E-state index in [1.54, 1.807) is 6.20 Å². The van der Waals surface area contributed by atoms with Gasteiger partial charge < -0.3 is 10.2 Å². The standard InChI is InChI=1S/C26H28N4O2/c1-3-23(31)30-10-6-18(7-11-30)17(2)24(32)29-22-13-20-12-21(5-4-19(20)14-28-22)26(16-27)15-25(26)8-9-25/h4-5,12-14,18H,2-3,6-11,15H2,1H3,(H,28,29,32)/t26-/m0/s1. The molecule has 1 aromatic heterocycles. The number of nitrogens with zero attached hydrogens (tertiary/aromatic N) is 3. The molecule has 1 saturated heterocycles. The average Bonchev–Trinajstić information content (AvgIpc) is 3.75. The van der Waals surface area contributed by atoms with Gasteiger partial charge in [-0.15, -0.1) is 0 Å². The molecule has 1 aliphatic heterocycles. The molecule has 2 heterocycles. The second-order valence-corrected chi connectivity index (χ2v) is 9.59. The highest BCUT2D eigenvalue weighted by Gasteiger charge is 2.75. The van der Waals surface area contributed by atoms with E-state index >= 15 is 0 Å². The molecule has 32 heavy (non-hydrogen) atoms. The summed E-state index contributed by atoms with van der Waals surface area (Å²) in [7, 11) is 0. The zero-order valence-electron chi connectivity index (χ0n) is 18.5. The van der Waals surface area contributed by atoms with Crippen molar-refractivity contribution >= 4 is 28.4 Å². The third-order valence-electron chi connectivity index (χ3n) is 7.82. The Morgan fingerprint density at radius 1 is 1.25 bits per heavy atom. The van der Waals surface area contributed by atoms with Gasteiger partial charge in [0.05, 0.1) is 11.5 Å². The molecule has 0 bridgehead atoms. The smallest absolute Gasteiger partial charge is 0.252 e. The van der Waals surface area contributed by atoms with Crippen LogP contribution in [0.1, 0.15) is 51.0 Å². The van der Waals surface area contributed by atoms with E-state index < -0.39 is 0 Å². The molecule has 1 N–H and O–H groups in total. The first kappa shape index (κ1) is 20.7. The van der Waals surface area contributed by atoms with Crippen LogP contribution in [0.25, 0.3) is 10.8 Å². The molecule has 2 aliphatic carbocycles.